The van der Waals surface area contributed by atoms with Crippen LogP contribution >= 0.6 is 0 Å². The molecular formula is C24H25NO5S. The molecule has 0 bridgehead atoms. The van der Waals surface area contributed by atoms with Crippen LogP contribution in [0, 0.1) is 27.7 Å². The topological polar surface area (TPSA) is 82.4 Å². The summed E-state index contributed by atoms with van der Waals surface area (Å²) in [5, 5.41) is 0. The summed E-state index contributed by atoms with van der Waals surface area (Å²) in [6, 6.07) is 13.6. The maximum Gasteiger partial charge on any atom is 0.339 e. The van der Waals surface area contributed by atoms with E-state index in [2.05, 4.69) is 6.07 Å². The fraction of sp³-hybridized carbons (Fsp3) is 0.250. The molecule has 3 rings (SSSR count). The van der Waals surface area contributed by atoms with Gasteiger partial charge in [0.25, 0.3) is 0 Å². The Morgan fingerprint density at radius 2 is 1.58 bits per heavy atom. The van der Waals surface area contributed by atoms with Crippen LogP contribution in [0.1, 0.15) is 43.2 Å². The Hall–Kier alpha value is -3.19. The number of Topliss-reactive ketones (excluding diaryl/α,β-unsaturated/α-hetero) is 1. The molecule has 0 aliphatic rings. The van der Waals surface area contributed by atoms with Gasteiger partial charge in [0, 0.05) is 28.9 Å². The number of hydrogen-bond donors (Lipinski definition) is 0. The number of esters is 1. The number of carbonyl (C=O) groups is 2. The molecule has 6 nitrogen and oxygen atoms in total. The van der Waals surface area contributed by atoms with Gasteiger partial charge in [-0.2, -0.15) is 0 Å². The highest BCUT2D eigenvalue weighted by molar-refractivity contribution is 7.90. The summed E-state index contributed by atoms with van der Waals surface area (Å²) in [5.74, 6) is -1.20. The van der Waals surface area contributed by atoms with E-state index in [-0.39, 0.29) is 16.2 Å². The molecule has 0 aliphatic carbocycles. The van der Waals surface area contributed by atoms with E-state index in [1.54, 1.807) is 12.1 Å². The standard InChI is InChI=1S/C24H25NO5S/c1-15-10-11-19(12-16(15)2)25-17(3)13-21(18(25)4)22(26)14-30-24(27)20-8-6-7-9-23(20)31(5,28)29/h6-13H,14H2,1-5H3. The van der Waals surface area contributed by atoms with Crippen molar-refractivity contribution < 1.29 is 22.7 Å². The van der Waals surface area contributed by atoms with Crippen LogP contribution in [0.3, 0.4) is 0 Å². The molecule has 31 heavy (non-hydrogen) atoms. The number of hydrogen-bond acceptors (Lipinski definition) is 5. The molecule has 0 N–H and O–H groups in total. The molecule has 7 heteroatoms. The van der Waals surface area contributed by atoms with E-state index in [9.17, 15) is 18.0 Å². The van der Waals surface area contributed by atoms with Crippen molar-refractivity contribution in [1.82, 2.24) is 4.57 Å². The van der Waals surface area contributed by atoms with Crippen molar-refractivity contribution in [1.29, 1.82) is 0 Å². The quantitative estimate of drug-likeness (QED) is 0.426. The highest BCUT2D eigenvalue weighted by Gasteiger charge is 2.22. The third-order valence-electron chi connectivity index (χ3n) is 5.32. The van der Waals surface area contributed by atoms with Gasteiger partial charge in [-0.25, -0.2) is 13.2 Å². The summed E-state index contributed by atoms with van der Waals surface area (Å²) in [5.41, 5.74) is 5.30. The van der Waals surface area contributed by atoms with Gasteiger partial charge in [0.15, 0.2) is 16.4 Å². The van der Waals surface area contributed by atoms with Gasteiger partial charge < -0.3 is 9.30 Å². The summed E-state index contributed by atoms with van der Waals surface area (Å²) >= 11 is 0. The zero-order valence-electron chi connectivity index (χ0n) is 18.2. The maximum absolute atomic E-state index is 12.8. The summed E-state index contributed by atoms with van der Waals surface area (Å²) in [6.45, 7) is 7.35. The number of ketones is 1. The molecule has 3 aromatic rings. The normalized spacial score (nSPS) is 11.4. The van der Waals surface area contributed by atoms with Crippen LogP contribution < -0.4 is 0 Å². The molecular weight excluding hydrogens is 414 g/mol. The van der Waals surface area contributed by atoms with Crippen LogP contribution in [-0.2, 0) is 14.6 Å². The molecule has 162 valence electrons. The van der Waals surface area contributed by atoms with Gasteiger partial charge in [-0.3, -0.25) is 4.79 Å². The fourth-order valence-electron chi connectivity index (χ4n) is 3.55. The van der Waals surface area contributed by atoms with Crippen molar-refractivity contribution in [3.63, 3.8) is 0 Å². The number of nitrogens with zero attached hydrogens (tertiary/aromatic N) is 1. The Balaban J connectivity index is 1.83. The van der Waals surface area contributed by atoms with E-state index >= 15 is 0 Å². The van der Waals surface area contributed by atoms with E-state index in [0.29, 0.717) is 5.56 Å². The number of sulfone groups is 1. The highest BCUT2D eigenvalue weighted by atomic mass is 32.2. The average molecular weight is 440 g/mol. The highest BCUT2D eigenvalue weighted by Crippen LogP contribution is 2.23. The SMILES string of the molecule is Cc1ccc(-n2c(C)cc(C(=O)COC(=O)c3ccccc3S(C)(=O)=O)c2C)cc1C. The van der Waals surface area contributed by atoms with Gasteiger partial charge in [-0.15, -0.1) is 0 Å². The Morgan fingerprint density at radius 3 is 2.23 bits per heavy atom. The van der Waals surface area contributed by atoms with Gasteiger partial charge >= 0.3 is 5.97 Å². The smallest absolute Gasteiger partial charge is 0.339 e. The van der Waals surface area contributed by atoms with Crippen LogP contribution in [0.25, 0.3) is 5.69 Å². The van der Waals surface area contributed by atoms with Gasteiger partial charge in [0.2, 0.25) is 5.78 Å². The Bertz CT molecular complexity index is 1290. The zero-order chi connectivity index (χ0) is 22.9. The molecule has 0 spiro atoms. The molecule has 0 aliphatic heterocycles. The van der Waals surface area contributed by atoms with Crippen LogP contribution in [0.4, 0.5) is 0 Å². The molecule has 0 saturated heterocycles. The number of carbonyl (C=O) groups excluding carboxylic acids is 2. The van der Waals surface area contributed by atoms with Crippen LogP contribution in [0.15, 0.2) is 53.4 Å². The molecule has 1 aromatic heterocycles. The van der Waals surface area contributed by atoms with Crippen molar-refractivity contribution in [2.75, 3.05) is 12.9 Å². The lowest BCUT2D eigenvalue weighted by atomic mass is 10.1. The van der Waals surface area contributed by atoms with E-state index < -0.39 is 22.4 Å². The lowest BCUT2D eigenvalue weighted by Crippen LogP contribution is -2.17. The summed E-state index contributed by atoms with van der Waals surface area (Å²) in [7, 11) is -3.60. The minimum absolute atomic E-state index is 0.0848. The monoisotopic (exact) mass is 439 g/mol. The zero-order valence-corrected chi connectivity index (χ0v) is 19.0. The number of benzene rings is 2. The van der Waals surface area contributed by atoms with E-state index in [4.69, 9.17) is 4.74 Å². The Labute approximate surface area is 182 Å². The Morgan fingerprint density at radius 1 is 0.903 bits per heavy atom. The second kappa shape index (κ2) is 8.51. The molecule has 0 saturated carbocycles. The van der Waals surface area contributed by atoms with Crippen molar-refractivity contribution in [2.24, 2.45) is 0 Å². The molecule has 0 fully saturated rings. The Kier molecular flexibility index (Phi) is 6.18. The van der Waals surface area contributed by atoms with Crippen LogP contribution in [0.2, 0.25) is 0 Å². The summed E-state index contributed by atoms with van der Waals surface area (Å²) < 4.78 is 31.0. The van der Waals surface area contributed by atoms with Gasteiger partial charge in [-0.05, 0) is 69.2 Å². The third kappa shape index (κ3) is 4.61. The van der Waals surface area contributed by atoms with Crippen molar-refractivity contribution in [2.45, 2.75) is 32.6 Å². The molecule has 0 amide bonds. The third-order valence-corrected chi connectivity index (χ3v) is 6.48. The number of aryl methyl sites for hydroxylation is 3. The molecule has 0 unspecified atom stereocenters. The molecule has 0 atom stereocenters. The average Bonchev–Trinajstić information content (AvgIpc) is 3.01. The van der Waals surface area contributed by atoms with Crippen molar-refractivity contribution >= 4 is 21.6 Å². The summed E-state index contributed by atoms with van der Waals surface area (Å²) in [6.07, 6.45) is 1.02. The lowest BCUT2D eigenvalue weighted by molar-refractivity contribution is 0.0471. The van der Waals surface area contributed by atoms with Crippen LogP contribution in [0.5, 0.6) is 0 Å². The van der Waals surface area contributed by atoms with Gasteiger partial charge in [0.05, 0.1) is 10.5 Å². The first-order valence-corrected chi connectivity index (χ1v) is 11.7. The molecule has 2 aromatic carbocycles. The first-order chi connectivity index (χ1) is 14.5. The predicted molar refractivity (Wildman–Crippen MR) is 119 cm³/mol. The predicted octanol–water partition coefficient (Wildman–Crippen LogP) is 4.15. The molecule has 0 radical (unpaired) electrons. The fourth-order valence-corrected chi connectivity index (χ4v) is 4.43. The number of rotatable bonds is 6. The van der Waals surface area contributed by atoms with Gasteiger partial charge in [-0.1, -0.05) is 18.2 Å². The number of aromatic nitrogens is 1. The first-order valence-electron chi connectivity index (χ1n) is 9.76. The van der Waals surface area contributed by atoms with Crippen molar-refractivity contribution in [3.8, 4) is 5.69 Å². The van der Waals surface area contributed by atoms with E-state index in [1.807, 2.05) is 44.4 Å². The van der Waals surface area contributed by atoms with E-state index in [0.717, 1.165) is 28.9 Å². The minimum Gasteiger partial charge on any atom is -0.454 e. The van der Waals surface area contributed by atoms with Crippen LogP contribution in [-0.4, -0.2) is 37.6 Å². The molecule has 1 heterocycles. The second-order valence-electron chi connectivity index (χ2n) is 7.66. The number of ether oxygens (including phenoxy) is 1. The minimum atomic E-state index is -3.60. The second-order valence-corrected chi connectivity index (χ2v) is 9.64. The van der Waals surface area contributed by atoms with E-state index in [1.165, 1.54) is 23.8 Å². The van der Waals surface area contributed by atoms with Crippen molar-refractivity contribution in [3.05, 3.63) is 82.2 Å². The maximum atomic E-state index is 12.8. The summed E-state index contributed by atoms with van der Waals surface area (Å²) in [4.78, 5) is 25.1. The first kappa shape index (κ1) is 22.5. The van der Waals surface area contributed by atoms with Gasteiger partial charge in [0.1, 0.15) is 0 Å². The largest absolute Gasteiger partial charge is 0.454 e. The lowest BCUT2D eigenvalue weighted by Gasteiger charge is -2.12.